The smallest absolute Gasteiger partial charge is 0.413 e. The van der Waals surface area contributed by atoms with Gasteiger partial charge in [-0.25, -0.2) is 4.79 Å². The molecule has 7 heteroatoms. The molecule has 1 amide bonds. The van der Waals surface area contributed by atoms with Crippen molar-refractivity contribution < 1.29 is 19.4 Å². The lowest BCUT2D eigenvalue weighted by Crippen LogP contribution is -2.53. The average Bonchev–Trinajstić information content (AvgIpc) is 3.11. The Hall–Kier alpha value is -1.93. The lowest BCUT2D eigenvalue weighted by molar-refractivity contribution is -0.0660. The maximum Gasteiger partial charge on any atom is 0.413 e. The van der Waals surface area contributed by atoms with Crippen LogP contribution in [0, 0.1) is 0 Å². The van der Waals surface area contributed by atoms with E-state index in [0.29, 0.717) is 0 Å². The van der Waals surface area contributed by atoms with Gasteiger partial charge in [0.1, 0.15) is 11.3 Å². The zero-order valence-electron chi connectivity index (χ0n) is 20.6. The van der Waals surface area contributed by atoms with Crippen molar-refractivity contribution in [1.82, 2.24) is 4.90 Å². The van der Waals surface area contributed by atoms with Crippen molar-refractivity contribution in [2.24, 2.45) is 0 Å². The van der Waals surface area contributed by atoms with Gasteiger partial charge < -0.3 is 14.6 Å². The number of aliphatic hydroxyl groups is 1. The van der Waals surface area contributed by atoms with Crippen LogP contribution in [0.5, 0.6) is 0 Å². The van der Waals surface area contributed by atoms with Crippen molar-refractivity contribution >= 4 is 29.6 Å². The molecule has 1 fully saturated rings. The summed E-state index contributed by atoms with van der Waals surface area (Å²) in [6.07, 6.45) is 0.479. The summed E-state index contributed by atoms with van der Waals surface area (Å²) in [6, 6.07) is 20.0. The van der Waals surface area contributed by atoms with Gasteiger partial charge in [0.25, 0.3) is 0 Å². The Morgan fingerprint density at radius 1 is 1.09 bits per heavy atom. The number of thioether (sulfide) groups is 2. The number of carbonyl (C=O) groups excluding carboxylic acids is 1. The third-order valence-electron chi connectivity index (χ3n) is 5.26. The molecule has 0 aliphatic carbocycles. The number of hydrogen-bond acceptors (Lipinski definition) is 6. The van der Waals surface area contributed by atoms with E-state index in [-0.39, 0.29) is 6.61 Å². The summed E-state index contributed by atoms with van der Waals surface area (Å²) in [5.74, 6) is 1.59. The Kier molecular flexibility index (Phi) is 9.15. The van der Waals surface area contributed by atoms with Crippen LogP contribution in [0.4, 0.5) is 4.79 Å². The minimum Gasteiger partial charge on any atom is -0.444 e. The molecule has 0 aromatic heterocycles. The third kappa shape index (κ3) is 7.80. The molecule has 0 spiro atoms. The molecule has 34 heavy (non-hydrogen) atoms. The van der Waals surface area contributed by atoms with E-state index in [1.54, 1.807) is 23.5 Å². The van der Waals surface area contributed by atoms with Crippen LogP contribution < -0.4 is 0 Å². The number of rotatable bonds is 8. The second kappa shape index (κ2) is 11.7. The van der Waals surface area contributed by atoms with Gasteiger partial charge in [0.2, 0.25) is 0 Å². The number of amides is 1. The molecule has 1 heterocycles. The van der Waals surface area contributed by atoms with E-state index in [1.807, 2.05) is 77.1 Å². The summed E-state index contributed by atoms with van der Waals surface area (Å²) in [7, 11) is 0. The van der Waals surface area contributed by atoms with Gasteiger partial charge in [0.15, 0.2) is 0 Å². The van der Waals surface area contributed by atoms with E-state index in [4.69, 9.17) is 9.47 Å². The summed E-state index contributed by atoms with van der Waals surface area (Å²) < 4.78 is 12.5. The highest BCUT2D eigenvalue weighted by atomic mass is 32.2. The first-order valence-corrected chi connectivity index (χ1v) is 13.4. The van der Waals surface area contributed by atoms with Gasteiger partial charge in [-0.2, -0.15) is 0 Å². The van der Waals surface area contributed by atoms with Crippen molar-refractivity contribution in [3.8, 4) is 0 Å². The molecule has 2 aromatic rings. The highest BCUT2D eigenvalue weighted by Crippen LogP contribution is 2.36. The quantitative estimate of drug-likeness (QED) is 0.450. The minimum atomic E-state index is -0.893. The molecule has 2 aromatic carbocycles. The summed E-state index contributed by atoms with van der Waals surface area (Å²) in [5.41, 5.74) is 0.933. The van der Waals surface area contributed by atoms with E-state index in [2.05, 4.69) is 24.3 Å². The Balaban J connectivity index is 1.78. The number of aliphatic hydroxyl groups excluding tert-OH is 1. The molecule has 1 N–H and O–H groups in total. The average molecular weight is 502 g/mol. The van der Waals surface area contributed by atoms with Crippen LogP contribution in [-0.4, -0.2) is 46.2 Å². The van der Waals surface area contributed by atoms with Crippen LogP contribution in [-0.2, 0) is 21.0 Å². The predicted molar refractivity (Wildman–Crippen MR) is 141 cm³/mol. The van der Waals surface area contributed by atoms with Crippen LogP contribution in [0.15, 0.2) is 71.0 Å². The van der Waals surface area contributed by atoms with Gasteiger partial charge in [-0.3, -0.25) is 4.90 Å². The number of benzene rings is 2. The summed E-state index contributed by atoms with van der Waals surface area (Å²) in [4.78, 5) is 14.5. The highest BCUT2D eigenvalue weighted by Gasteiger charge is 2.48. The first-order valence-electron chi connectivity index (χ1n) is 11.4. The lowest BCUT2D eigenvalue weighted by atomic mass is 10.1. The minimum absolute atomic E-state index is 0.240. The summed E-state index contributed by atoms with van der Waals surface area (Å²) >= 11 is 3.38. The molecular formula is C27H35NO4S2. The zero-order valence-corrected chi connectivity index (χ0v) is 22.2. The van der Waals surface area contributed by atoms with Gasteiger partial charge in [0.05, 0.1) is 18.8 Å². The van der Waals surface area contributed by atoms with Gasteiger partial charge in [-0.1, -0.05) is 60.7 Å². The van der Waals surface area contributed by atoms with Crippen molar-refractivity contribution in [2.45, 2.75) is 69.6 Å². The van der Waals surface area contributed by atoms with Crippen LogP contribution in [0.25, 0.3) is 0 Å². The predicted octanol–water partition coefficient (Wildman–Crippen LogP) is 6.43. The molecule has 1 saturated heterocycles. The molecule has 0 saturated carbocycles. The van der Waals surface area contributed by atoms with E-state index in [0.717, 1.165) is 15.7 Å². The normalized spacial score (nSPS) is 18.4. The van der Waals surface area contributed by atoms with E-state index >= 15 is 0 Å². The number of ether oxygens (including phenoxy) is 2. The maximum absolute atomic E-state index is 13.0. The van der Waals surface area contributed by atoms with Crippen LogP contribution in [0.2, 0.25) is 0 Å². The van der Waals surface area contributed by atoms with Crippen LogP contribution >= 0.6 is 23.5 Å². The molecule has 1 aliphatic rings. The fraction of sp³-hybridized carbons (Fsp3) is 0.444. The number of nitrogens with zero attached hydrogens (tertiary/aromatic N) is 1. The molecule has 0 radical (unpaired) electrons. The topological polar surface area (TPSA) is 59.0 Å². The fourth-order valence-corrected chi connectivity index (χ4v) is 5.76. The van der Waals surface area contributed by atoms with Crippen molar-refractivity contribution in [2.75, 3.05) is 6.61 Å². The van der Waals surface area contributed by atoms with Crippen LogP contribution in [0.1, 0.15) is 45.7 Å². The number of hydrogen-bond donors (Lipinski definition) is 1. The second-order valence-electron chi connectivity index (χ2n) is 9.70. The second-order valence-corrected chi connectivity index (χ2v) is 12.0. The summed E-state index contributed by atoms with van der Waals surface area (Å²) in [5, 5.41) is 11.2. The molecule has 184 valence electrons. The van der Waals surface area contributed by atoms with Gasteiger partial charge in [-0.05, 0) is 51.8 Å². The van der Waals surface area contributed by atoms with E-state index < -0.39 is 29.6 Å². The number of carbonyl (C=O) groups is 1. The standard InChI is InChI=1S/C27H35NO4S2/c1-26(2,3)32-25(30)28-22(17-31-27(28,4)5)23(29)16-24(33-18-20-12-8-6-9-13-20)34-19-21-14-10-7-11-15-21/h6-16,22-23,29H,17-19H2,1-5H3/t22-,23+/m0/s1. The Morgan fingerprint density at radius 3 is 2.06 bits per heavy atom. The van der Waals surface area contributed by atoms with Gasteiger partial charge in [-0.15, -0.1) is 23.5 Å². The van der Waals surface area contributed by atoms with Gasteiger partial charge in [0, 0.05) is 15.7 Å². The largest absolute Gasteiger partial charge is 0.444 e. The molecule has 3 rings (SSSR count). The molecule has 1 aliphatic heterocycles. The Bertz CT molecular complexity index is 912. The maximum atomic E-state index is 13.0. The van der Waals surface area contributed by atoms with Crippen molar-refractivity contribution in [3.63, 3.8) is 0 Å². The van der Waals surface area contributed by atoms with Crippen molar-refractivity contribution in [1.29, 1.82) is 0 Å². The third-order valence-corrected chi connectivity index (χ3v) is 7.76. The highest BCUT2D eigenvalue weighted by molar-refractivity contribution is 8.21. The Morgan fingerprint density at radius 2 is 1.59 bits per heavy atom. The molecule has 0 bridgehead atoms. The van der Waals surface area contributed by atoms with Gasteiger partial charge >= 0.3 is 6.09 Å². The van der Waals surface area contributed by atoms with Crippen molar-refractivity contribution in [3.05, 3.63) is 82.1 Å². The SMILES string of the molecule is CC(C)(C)OC(=O)N1[C@H]([C@H](O)C=C(SCc2ccccc2)SCc2ccccc2)COC1(C)C. The molecular weight excluding hydrogens is 466 g/mol. The summed E-state index contributed by atoms with van der Waals surface area (Å²) in [6.45, 7) is 9.38. The first kappa shape index (κ1) is 26.7. The fourth-order valence-electron chi connectivity index (χ4n) is 3.60. The molecule has 5 nitrogen and oxygen atoms in total. The van der Waals surface area contributed by atoms with E-state index in [1.165, 1.54) is 16.0 Å². The molecule has 2 atom stereocenters. The Labute approximate surface area is 211 Å². The zero-order chi connectivity index (χ0) is 24.8. The molecule has 0 unspecified atom stereocenters. The lowest BCUT2D eigenvalue weighted by Gasteiger charge is -2.36. The first-order chi connectivity index (χ1) is 16.0. The monoisotopic (exact) mass is 501 g/mol. The van der Waals surface area contributed by atoms with E-state index in [9.17, 15) is 9.90 Å². The van der Waals surface area contributed by atoms with Crippen LogP contribution in [0.3, 0.4) is 0 Å².